The second-order valence-electron chi connectivity index (χ2n) is 6.87. The third-order valence-electron chi connectivity index (χ3n) is 5.25. The van der Waals surface area contributed by atoms with Crippen LogP contribution in [0.25, 0.3) is 0 Å². The largest absolute Gasteiger partial charge is 0.497 e. The molecule has 0 radical (unpaired) electrons. The first-order chi connectivity index (χ1) is 13.0. The van der Waals surface area contributed by atoms with E-state index in [4.69, 9.17) is 9.84 Å². The van der Waals surface area contributed by atoms with Gasteiger partial charge in [0.15, 0.2) is 0 Å². The number of carboxylic acids is 1. The van der Waals surface area contributed by atoms with Gasteiger partial charge in [0.2, 0.25) is 5.91 Å². The smallest absolute Gasteiger partial charge is 0.317 e. The molecule has 1 saturated heterocycles. The van der Waals surface area contributed by atoms with Crippen molar-refractivity contribution in [2.45, 2.75) is 45.2 Å². The number of piperidine rings is 1. The summed E-state index contributed by atoms with van der Waals surface area (Å²) in [6.07, 6.45) is 2.50. The number of ether oxygens (including phenoxy) is 1. The minimum Gasteiger partial charge on any atom is -0.497 e. The van der Waals surface area contributed by atoms with Crippen LogP contribution in [0.15, 0.2) is 24.3 Å². The highest BCUT2D eigenvalue weighted by Crippen LogP contribution is 2.21. The quantitative estimate of drug-likeness (QED) is 0.687. The van der Waals surface area contributed by atoms with Gasteiger partial charge in [0, 0.05) is 24.8 Å². The first-order valence-electron chi connectivity index (χ1n) is 9.63. The molecule has 7 nitrogen and oxygen atoms in total. The standard InChI is InChI=1S/C20H31N3O4/c1-4-18(20(26)21-15-6-8-17(27-3)9-7-15)23-12-10-16(11-13-23)22(5-2)14-19(24)25/h6-9,16,18H,4-5,10-14H2,1-3H3,(H,21,26)(H,24,25). The van der Waals surface area contributed by atoms with E-state index < -0.39 is 5.97 Å². The lowest BCUT2D eigenvalue weighted by Gasteiger charge is -2.40. The maximum atomic E-state index is 12.7. The minimum atomic E-state index is -0.787. The van der Waals surface area contributed by atoms with Crippen LogP contribution in [0.4, 0.5) is 5.69 Å². The fourth-order valence-corrected chi connectivity index (χ4v) is 3.74. The Morgan fingerprint density at radius 3 is 2.37 bits per heavy atom. The van der Waals surface area contributed by atoms with Crippen LogP contribution in [0, 0.1) is 0 Å². The van der Waals surface area contributed by atoms with Crippen molar-refractivity contribution in [1.82, 2.24) is 9.80 Å². The highest BCUT2D eigenvalue weighted by Gasteiger charge is 2.31. The van der Waals surface area contributed by atoms with E-state index in [1.165, 1.54) is 0 Å². The molecule has 2 N–H and O–H groups in total. The van der Waals surface area contributed by atoms with Gasteiger partial charge in [-0.15, -0.1) is 0 Å². The molecule has 1 aliphatic rings. The summed E-state index contributed by atoms with van der Waals surface area (Å²) < 4.78 is 5.14. The zero-order valence-corrected chi connectivity index (χ0v) is 16.5. The Balaban J connectivity index is 1.91. The van der Waals surface area contributed by atoms with Crippen molar-refractivity contribution < 1.29 is 19.4 Å². The maximum absolute atomic E-state index is 12.7. The zero-order valence-electron chi connectivity index (χ0n) is 16.5. The van der Waals surface area contributed by atoms with Gasteiger partial charge in [-0.1, -0.05) is 13.8 Å². The van der Waals surface area contributed by atoms with E-state index in [9.17, 15) is 9.59 Å². The third kappa shape index (κ3) is 5.94. The van der Waals surface area contributed by atoms with E-state index in [1.807, 2.05) is 43.0 Å². The topological polar surface area (TPSA) is 82.1 Å². The summed E-state index contributed by atoms with van der Waals surface area (Å²) in [5.41, 5.74) is 0.757. The Kier molecular flexibility index (Phi) is 8.06. The second kappa shape index (κ2) is 10.3. The van der Waals surface area contributed by atoms with Crippen LogP contribution in [-0.4, -0.2) is 72.2 Å². The van der Waals surface area contributed by atoms with Crippen molar-refractivity contribution in [1.29, 1.82) is 0 Å². The molecule has 1 amide bonds. The molecule has 1 aliphatic heterocycles. The molecule has 1 aromatic rings. The van der Waals surface area contributed by atoms with Crippen LogP contribution in [0.2, 0.25) is 0 Å². The predicted molar refractivity (Wildman–Crippen MR) is 105 cm³/mol. The molecule has 0 spiro atoms. The molecule has 1 fully saturated rings. The Hall–Kier alpha value is -2.12. The molecule has 0 saturated carbocycles. The molecule has 2 rings (SSSR count). The van der Waals surface area contributed by atoms with Crippen LogP contribution in [0.5, 0.6) is 5.75 Å². The molecule has 0 bridgehead atoms. The number of rotatable bonds is 9. The Morgan fingerprint density at radius 1 is 1.26 bits per heavy atom. The maximum Gasteiger partial charge on any atom is 0.317 e. The van der Waals surface area contributed by atoms with Crippen molar-refractivity contribution in [3.63, 3.8) is 0 Å². The Bertz CT molecular complexity index is 612. The molecule has 0 aromatic heterocycles. The van der Waals surface area contributed by atoms with Crippen LogP contribution in [0.3, 0.4) is 0 Å². The zero-order chi connectivity index (χ0) is 19.8. The molecule has 27 heavy (non-hydrogen) atoms. The van der Waals surface area contributed by atoms with Gasteiger partial charge in [-0.05, 0) is 50.1 Å². The monoisotopic (exact) mass is 377 g/mol. The van der Waals surface area contributed by atoms with E-state index in [1.54, 1.807) is 7.11 Å². The number of hydrogen-bond acceptors (Lipinski definition) is 5. The number of benzene rings is 1. The van der Waals surface area contributed by atoms with Gasteiger partial charge >= 0.3 is 5.97 Å². The molecular formula is C20H31N3O4. The molecular weight excluding hydrogens is 346 g/mol. The average Bonchev–Trinajstić information content (AvgIpc) is 2.67. The fraction of sp³-hybridized carbons (Fsp3) is 0.600. The number of nitrogens with zero attached hydrogens (tertiary/aromatic N) is 2. The minimum absolute atomic E-state index is 0.000926. The molecule has 1 unspecified atom stereocenters. The van der Waals surface area contributed by atoms with Crippen LogP contribution in [0.1, 0.15) is 33.1 Å². The van der Waals surface area contributed by atoms with Gasteiger partial charge in [-0.25, -0.2) is 0 Å². The third-order valence-corrected chi connectivity index (χ3v) is 5.25. The number of aliphatic carboxylic acids is 1. The first-order valence-corrected chi connectivity index (χ1v) is 9.63. The van der Waals surface area contributed by atoms with Gasteiger partial charge in [0.1, 0.15) is 5.75 Å². The normalized spacial score (nSPS) is 16.9. The number of hydrogen-bond donors (Lipinski definition) is 2. The van der Waals surface area contributed by atoms with Crippen molar-refractivity contribution >= 4 is 17.6 Å². The lowest BCUT2D eigenvalue weighted by atomic mass is 10.00. The van der Waals surface area contributed by atoms with Gasteiger partial charge in [0.05, 0.1) is 19.7 Å². The van der Waals surface area contributed by atoms with Crippen LogP contribution in [-0.2, 0) is 9.59 Å². The number of likely N-dealkylation sites (tertiary alicyclic amines) is 1. The number of carbonyl (C=O) groups excluding carboxylic acids is 1. The number of nitrogens with one attached hydrogen (secondary N) is 1. The Labute approximate surface area is 161 Å². The predicted octanol–water partition coefficient (Wildman–Crippen LogP) is 2.28. The van der Waals surface area contributed by atoms with Crippen molar-refractivity contribution in [2.24, 2.45) is 0 Å². The van der Waals surface area contributed by atoms with Gasteiger partial charge < -0.3 is 15.2 Å². The number of methoxy groups -OCH3 is 1. The first kappa shape index (κ1) is 21.2. The van der Waals surface area contributed by atoms with E-state index >= 15 is 0 Å². The number of amides is 1. The molecule has 1 heterocycles. The SMILES string of the molecule is CCC(C(=O)Nc1ccc(OC)cc1)N1CCC(N(CC)CC(=O)O)CC1. The van der Waals surface area contributed by atoms with E-state index in [0.29, 0.717) is 0 Å². The van der Waals surface area contributed by atoms with E-state index in [-0.39, 0.29) is 24.5 Å². The highest BCUT2D eigenvalue weighted by molar-refractivity contribution is 5.94. The molecule has 1 atom stereocenters. The van der Waals surface area contributed by atoms with E-state index in [0.717, 1.165) is 50.3 Å². The summed E-state index contributed by atoms with van der Waals surface area (Å²) in [5, 5.41) is 12.0. The summed E-state index contributed by atoms with van der Waals surface area (Å²) in [4.78, 5) is 28.0. The average molecular weight is 377 g/mol. The second-order valence-corrected chi connectivity index (χ2v) is 6.87. The van der Waals surface area contributed by atoms with Crippen LogP contribution < -0.4 is 10.1 Å². The number of likely N-dealkylation sites (N-methyl/N-ethyl adjacent to an activating group) is 1. The number of anilines is 1. The van der Waals surface area contributed by atoms with Crippen LogP contribution >= 0.6 is 0 Å². The van der Waals surface area contributed by atoms with Gasteiger partial charge in [0.25, 0.3) is 0 Å². The van der Waals surface area contributed by atoms with Crippen molar-refractivity contribution in [3.8, 4) is 5.75 Å². The summed E-state index contributed by atoms with van der Waals surface area (Å²) in [5.74, 6) is -0.0347. The van der Waals surface area contributed by atoms with Crippen molar-refractivity contribution in [2.75, 3.05) is 38.6 Å². The molecule has 7 heteroatoms. The van der Waals surface area contributed by atoms with Gasteiger partial charge in [-0.2, -0.15) is 0 Å². The molecule has 1 aromatic carbocycles. The van der Waals surface area contributed by atoms with Gasteiger partial charge in [-0.3, -0.25) is 19.4 Å². The highest BCUT2D eigenvalue weighted by atomic mass is 16.5. The number of carbonyl (C=O) groups is 2. The molecule has 0 aliphatic carbocycles. The molecule has 150 valence electrons. The summed E-state index contributed by atoms with van der Waals surface area (Å²) in [7, 11) is 1.61. The Morgan fingerprint density at radius 2 is 1.89 bits per heavy atom. The number of carboxylic acid groups (broad SMARTS) is 1. The fourth-order valence-electron chi connectivity index (χ4n) is 3.74. The summed E-state index contributed by atoms with van der Waals surface area (Å²) in [6, 6.07) is 7.40. The summed E-state index contributed by atoms with van der Waals surface area (Å²) >= 11 is 0. The van der Waals surface area contributed by atoms with E-state index in [2.05, 4.69) is 10.2 Å². The summed E-state index contributed by atoms with van der Waals surface area (Å²) in [6.45, 7) is 6.42. The lowest BCUT2D eigenvalue weighted by Crippen LogP contribution is -2.52. The van der Waals surface area contributed by atoms with Crippen molar-refractivity contribution in [3.05, 3.63) is 24.3 Å². The lowest BCUT2D eigenvalue weighted by molar-refractivity contribution is -0.139.